The largest absolute Gasteiger partial charge is 0.361 e. The average molecular weight is 309 g/mol. The van der Waals surface area contributed by atoms with E-state index < -0.39 is 0 Å². The van der Waals surface area contributed by atoms with Crippen LogP contribution < -0.4 is 5.73 Å². The predicted molar refractivity (Wildman–Crippen MR) is 97.5 cm³/mol. The lowest BCUT2D eigenvalue weighted by Crippen LogP contribution is -2.21. The summed E-state index contributed by atoms with van der Waals surface area (Å²) in [7, 11) is 0. The smallest absolute Gasteiger partial charge is 0.0457 e. The zero-order valence-electron chi connectivity index (χ0n) is 13.9. The van der Waals surface area contributed by atoms with Gasteiger partial charge in [0.25, 0.3) is 0 Å². The number of nitrogens with one attached hydrogen (secondary N) is 1. The summed E-state index contributed by atoms with van der Waals surface area (Å²) in [5.41, 5.74) is 11.6. The lowest BCUT2D eigenvalue weighted by molar-refractivity contribution is 0.344. The Kier molecular flexibility index (Phi) is 4.23. The Morgan fingerprint density at radius 3 is 2.87 bits per heavy atom. The number of benzene rings is 1. The van der Waals surface area contributed by atoms with Crippen molar-refractivity contribution in [3.05, 3.63) is 41.6 Å². The van der Waals surface area contributed by atoms with Crippen LogP contribution in [0.3, 0.4) is 0 Å². The molecule has 3 N–H and O–H groups in total. The van der Waals surface area contributed by atoms with E-state index in [0.29, 0.717) is 6.04 Å². The van der Waals surface area contributed by atoms with Gasteiger partial charge in [0.05, 0.1) is 0 Å². The van der Waals surface area contributed by atoms with Crippen LogP contribution in [0.5, 0.6) is 0 Å². The normalized spacial score (nSPS) is 22.7. The summed E-state index contributed by atoms with van der Waals surface area (Å²) < 4.78 is 0. The lowest BCUT2D eigenvalue weighted by atomic mass is 9.90. The van der Waals surface area contributed by atoms with Crippen LogP contribution in [-0.2, 0) is 6.42 Å². The van der Waals surface area contributed by atoms with E-state index in [9.17, 15) is 0 Å². The van der Waals surface area contributed by atoms with Gasteiger partial charge in [0.2, 0.25) is 0 Å². The van der Waals surface area contributed by atoms with Gasteiger partial charge in [0.1, 0.15) is 0 Å². The highest BCUT2D eigenvalue weighted by Crippen LogP contribution is 2.30. The van der Waals surface area contributed by atoms with Gasteiger partial charge in [-0.25, -0.2) is 0 Å². The van der Waals surface area contributed by atoms with Gasteiger partial charge in [-0.15, -0.1) is 0 Å². The average Bonchev–Trinajstić information content (AvgIpc) is 3.22. The second-order valence-electron chi connectivity index (χ2n) is 7.14. The van der Waals surface area contributed by atoms with Gasteiger partial charge < -0.3 is 15.6 Å². The molecule has 122 valence electrons. The maximum atomic E-state index is 6.02. The van der Waals surface area contributed by atoms with Crippen molar-refractivity contribution >= 4 is 16.5 Å². The Morgan fingerprint density at radius 1 is 1.22 bits per heavy atom. The molecule has 0 spiro atoms. The molecule has 2 aromatic rings. The van der Waals surface area contributed by atoms with E-state index in [2.05, 4.69) is 40.4 Å². The topological polar surface area (TPSA) is 45.1 Å². The van der Waals surface area contributed by atoms with Crippen molar-refractivity contribution < 1.29 is 0 Å². The molecule has 1 fully saturated rings. The highest BCUT2D eigenvalue weighted by Gasteiger charge is 2.15. The van der Waals surface area contributed by atoms with Gasteiger partial charge >= 0.3 is 0 Å². The Morgan fingerprint density at radius 2 is 2.09 bits per heavy atom. The molecule has 0 amide bonds. The molecule has 4 rings (SSSR count). The first-order valence-electron chi connectivity index (χ1n) is 9.07. The quantitative estimate of drug-likeness (QED) is 0.904. The Labute approximate surface area is 138 Å². The fourth-order valence-electron chi connectivity index (χ4n) is 3.99. The number of aromatic amines is 1. The van der Waals surface area contributed by atoms with E-state index in [0.717, 1.165) is 25.7 Å². The number of fused-ring (bicyclic) bond motifs is 1. The van der Waals surface area contributed by atoms with Crippen LogP contribution >= 0.6 is 0 Å². The van der Waals surface area contributed by atoms with Crippen molar-refractivity contribution in [2.45, 2.75) is 44.6 Å². The number of aromatic nitrogens is 1. The van der Waals surface area contributed by atoms with Crippen molar-refractivity contribution in [2.24, 2.45) is 5.73 Å². The third-order valence-corrected chi connectivity index (χ3v) is 5.49. The molecule has 1 aliphatic carbocycles. The molecule has 0 saturated carbocycles. The number of nitrogens with two attached hydrogens (primary N) is 1. The summed E-state index contributed by atoms with van der Waals surface area (Å²) >= 11 is 0. The van der Waals surface area contributed by atoms with E-state index in [-0.39, 0.29) is 0 Å². The summed E-state index contributed by atoms with van der Waals surface area (Å²) in [6.07, 6.45) is 11.7. The van der Waals surface area contributed by atoms with Gasteiger partial charge in [0, 0.05) is 29.7 Å². The number of rotatable bonds is 4. The van der Waals surface area contributed by atoms with Gasteiger partial charge in [-0.1, -0.05) is 12.1 Å². The van der Waals surface area contributed by atoms with E-state index in [1.165, 1.54) is 60.1 Å². The summed E-state index contributed by atoms with van der Waals surface area (Å²) in [6.45, 7) is 3.75. The minimum atomic E-state index is 0.353. The molecular weight excluding hydrogens is 282 g/mol. The number of nitrogens with zero attached hydrogens (tertiary/aromatic N) is 1. The number of H-pyrrole nitrogens is 1. The minimum absolute atomic E-state index is 0.353. The molecule has 2 heterocycles. The molecule has 2 aliphatic rings. The number of hydrogen-bond donors (Lipinski definition) is 2. The minimum Gasteiger partial charge on any atom is -0.361 e. The Hall–Kier alpha value is -1.58. The summed E-state index contributed by atoms with van der Waals surface area (Å²) in [5, 5.41) is 1.40. The van der Waals surface area contributed by atoms with Crippen molar-refractivity contribution in [3.63, 3.8) is 0 Å². The van der Waals surface area contributed by atoms with E-state index in [1.807, 2.05) is 0 Å². The molecule has 23 heavy (non-hydrogen) atoms. The molecule has 1 unspecified atom stereocenters. The summed E-state index contributed by atoms with van der Waals surface area (Å²) in [6, 6.07) is 7.23. The van der Waals surface area contributed by atoms with Crippen molar-refractivity contribution in [3.8, 4) is 0 Å². The second kappa shape index (κ2) is 6.50. The number of hydrogen-bond acceptors (Lipinski definition) is 2. The Bertz CT molecular complexity index is 707. The van der Waals surface area contributed by atoms with Gasteiger partial charge in [0.15, 0.2) is 0 Å². The van der Waals surface area contributed by atoms with Gasteiger partial charge in [-0.3, -0.25) is 0 Å². The fraction of sp³-hybridized carbons (Fsp3) is 0.500. The molecule has 1 atom stereocenters. The predicted octanol–water partition coefficient (Wildman–Crippen LogP) is 3.70. The second-order valence-corrected chi connectivity index (χ2v) is 7.14. The van der Waals surface area contributed by atoms with Crippen LogP contribution in [0.1, 0.15) is 43.2 Å². The van der Waals surface area contributed by atoms with E-state index in [1.54, 1.807) is 0 Å². The molecule has 0 bridgehead atoms. The third-order valence-electron chi connectivity index (χ3n) is 5.49. The molecule has 1 aliphatic heterocycles. The van der Waals surface area contributed by atoms with Crippen LogP contribution in [0.15, 0.2) is 30.5 Å². The van der Waals surface area contributed by atoms with E-state index >= 15 is 0 Å². The van der Waals surface area contributed by atoms with Crippen LogP contribution in [0.25, 0.3) is 16.5 Å². The molecule has 1 saturated heterocycles. The van der Waals surface area contributed by atoms with Gasteiger partial charge in [-0.2, -0.15) is 0 Å². The van der Waals surface area contributed by atoms with Crippen LogP contribution in [0.2, 0.25) is 0 Å². The fourth-order valence-corrected chi connectivity index (χ4v) is 3.99. The SMILES string of the molecule is NC1CC=C(c2ccc3[nH]cc(CCN4CCCC4)c3c2)CC1. The standard InChI is InChI=1S/C20H27N3/c21-18-6-3-15(4-7-18)16-5-8-20-19(13-16)17(14-22-20)9-12-23-10-1-2-11-23/h3,5,8,13-14,18,22H,1-2,4,6-7,9-12,21H2. The summed E-state index contributed by atoms with van der Waals surface area (Å²) in [5.74, 6) is 0. The first-order chi connectivity index (χ1) is 11.3. The zero-order chi connectivity index (χ0) is 15.6. The van der Waals surface area contributed by atoms with Crippen molar-refractivity contribution in [1.29, 1.82) is 0 Å². The molecule has 0 radical (unpaired) electrons. The highest BCUT2D eigenvalue weighted by molar-refractivity contribution is 5.87. The monoisotopic (exact) mass is 309 g/mol. The molecule has 3 nitrogen and oxygen atoms in total. The van der Waals surface area contributed by atoms with E-state index in [4.69, 9.17) is 5.73 Å². The highest BCUT2D eigenvalue weighted by atomic mass is 15.1. The number of allylic oxidation sites excluding steroid dienone is 1. The Balaban J connectivity index is 1.56. The van der Waals surface area contributed by atoms with Gasteiger partial charge in [-0.05, 0) is 80.4 Å². The van der Waals surface area contributed by atoms with Crippen LogP contribution in [0, 0.1) is 0 Å². The maximum Gasteiger partial charge on any atom is 0.0457 e. The van der Waals surface area contributed by atoms with Crippen molar-refractivity contribution in [1.82, 2.24) is 9.88 Å². The van der Waals surface area contributed by atoms with Crippen molar-refractivity contribution in [2.75, 3.05) is 19.6 Å². The molecule has 1 aromatic heterocycles. The number of likely N-dealkylation sites (tertiary alicyclic amines) is 1. The molecule has 1 aromatic carbocycles. The molecular formula is C20H27N3. The summed E-state index contributed by atoms with van der Waals surface area (Å²) in [4.78, 5) is 6.03. The third kappa shape index (κ3) is 3.22. The first-order valence-corrected chi connectivity index (χ1v) is 9.07. The molecule has 3 heteroatoms. The van der Waals surface area contributed by atoms with Crippen LogP contribution in [0.4, 0.5) is 0 Å². The zero-order valence-corrected chi connectivity index (χ0v) is 13.9. The lowest BCUT2D eigenvalue weighted by Gasteiger charge is -2.18. The maximum absolute atomic E-state index is 6.02. The first kappa shape index (κ1) is 15.0. The van der Waals surface area contributed by atoms with Crippen LogP contribution in [-0.4, -0.2) is 35.6 Å².